The molecule has 110 valence electrons. The maximum Gasteiger partial charge on any atom is 0.127 e. The van der Waals surface area contributed by atoms with Crippen LogP contribution in [-0.2, 0) is 6.54 Å². The largest absolute Gasteiger partial charge is 0.389 e. The first-order chi connectivity index (χ1) is 9.60. The lowest BCUT2D eigenvalue weighted by molar-refractivity contribution is 0.126. The highest BCUT2D eigenvalue weighted by atomic mass is 32.1. The molecular formula is C15H22FN3S. The normalized spacial score (nSPS) is 17.3. The van der Waals surface area contributed by atoms with Crippen LogP contribution in [-0.4, -0.2) is 47.5 Å². The minimum absolute atomic E-state index is 0.180. The van der Waals surface area contributed by atoms with Crippen molar-refractivity contribution < 1.29 is 4.39 Å². The van der Waals surface area contributed by atoms with E-state index in [0.717, 1.165) is 38.3 Å². The summed E-state index contributed by atoms with van der Waals surface area (Å²) in [7, 11) is 0. The van der Waals surface area contributed by atoms with Crippen LogP contribution >= 0.6 is 12.2 Å². The molecule has 1 saturated heterocycles. The molecule has 1 fully saturated rings. The molecule has 0 aromatic heterocycles. The van der Waals surface area contributed by atoms with Gasteiger partial charge < -0.3 is 10.6 Å². The molecule has 1 aromatic carbocycles. The molecule has 1 aliphatic heterocycles. The van der Waals surface area contributed by atoms with Crippen molar-refractivity contribution in [2.75, 3.05) is 32.7 Å². The van der Waals surface area contributed by atoms with Crippen LogP contribution in [0.4, 0.5) is 4.39 Å². The van der Waals surface area contributed by atoms with E-state index in [4.69, 9.17) is 18.0 Å². The highest BCUT2D eigenvalue weighted by molar-refractivity contribution is 7.80. The van der Waals surface area contributed by atoms with Crippen LogP contribution in [0.2, 0.25) is 0 Å². The van der Waals surface area contributed by atoms with Gasteiger partial charge in [0.25, 0.3) is 0 Å². The number of piperazine rings is 1. The summed E-state index contributed by atoms with van der Waals surface area (Å²) in [6.07, 6.45) is 1.19. The second kappa shape index (κ2) is 7.11. The van der Waals surface area contributed by atoms with E-state index in [1.165, 1.54) is 12.5 Å². The monoisotopic (exact) mass is 295 g/mol. The van der Waals surface area contributed by atoms with Gasteiger partial charge in [0, 0.05) is 43.9 Å². The first-order valence-corrected chi connectivity index (χ1v) is 7.54. The van der Waals surface area contributed by atoms with Gasteiger partial charge in [-0.25, -0.2) is 4.39 Å². The minimum Gasteiger partial charge on any atom is -0.389 e. The third kappa shape index (κ3) is 3.98. The Hall–Kier alpha value is -1.04. The third-order valence-electron chi connectivity index (χ3n) is 3.73. The standard InChI is InChI=1S/C15H22FN3S/c1-2-5-18-6-8-19(9-7-18)11-13-10-12(15(17)20)3-4-14(13)16/h3-4,10H,2,5-9,11H2,1H3,(H2,17,20). The maximum absolute atomic E-state index is 13.9. The number of nitrogens with two attached hydrogens (primary N) is 1. The fourth-order valence-corrected chi connectivity index (χ4v) is 2.70. The van der Waals surface area contributed by atoms with E-state index in [1.54, 1.807) is 12.1 Å². The molecule has 0 saturated carbocycles. The Labute approximate surface area is 125 Å². The Morgan fingerprint density at radius 1 is 1.25 bits per heavy atom. The molecule has 20 heavy (non-hydrogen) atoms. The molecule has 0 aliphatic carbocycles. The topological polar surface area (TPSA) is 32.5 Å². The van der Waals surface area contributed by atoms with Gasteiger partial charge in [-0.3, -0.25) is 4.90 Å². The summed E-state index contributed by atoms with van der Waals surface area (Å²) in [4.78, 5) is 5.06. The molecule has 0 unspecified atom stereocenters. The summed E-state index contributed by atoms with van der Waals surface area (Å²) in [5.41, 5.74) is 7.02. The van der Waals surface area contributed by atoms with E-state index >= 15 is 0 Å². The second-order valence-electron chi connectivity index (χ2n) is 5.29. The van der Waals surface area contributed by atoms with E-state index < -0.39 is 0 Å². The molecule has 0 spiro atoms. The molecule has 0 bridgehead atoms. The average Bonchev–Trinajstić information content (AvgIpc) is 2.43. The van der Waals surface area contributed by atoms with Crippen LogP contribution in [0, 0.1) is 5.82 Å². The van der Waals surface area contributed by atoms with Crippen LogP contribution in [0.25, 0.3) is 0 Å². The minimum atomic E-state index is -0.180. The SMILES string of the molecule is CCCN1CCN(Cc2cc(C(N)=S)ccc2F)CC1. The van der Waals surface area contributed by atoms with Gasteiger partial charge in [0.15, 0.2) is 0 Å². The number of hydrogen-bond acceptors (Lipinski definition) is 3. The lowest BCUT2D eigenvalue weighted by Gasteiger charge is -2.34. The van der Waals surface area contributed by atoms with Crippen molar-refractivity contribution in [3.63, 3.8) is 0 Å². The molecule has 2 rings (SSSR count). The molecular weight excluding hydrogens is 273 g/mol. The molecule has 1 heterocycles. The smallest absolute Gasteiger partial charge is 0.127 e. The van der Waals surface area contributed by atoms with E-state index in [1.807, 2.05) is 0 Å². The zero-order chi connectivity index (χ0) is 14.5. The first-order valence-electron chi connectivity index (χ1n) is 7.13. The fraction of sp³-hybridized carbons (Fsp3) is 0.533. The zero-order valence-electron chi connectivity index (χ0n) is 11.9. The molecule has 3 nitrogen and oxygen atoms in total. The molecule has 1 aliphatic rings. The van der Waals surface area contributed by atoms with Crippen LogP contribution in [0.15, 0.2) is 18.2 Å². The van der Waals surface area contributed by atoms with Crippen molar-refractivity contribution in [1.82, 2.24) is 9.80 Å². The number of halogens is 1. The molecule has 0 amide bonds. The van der Waals surface area contributed by atoms with Gasteiger partial charge >= 0.3 is 0 Å². The van der Waals surface area contributed by atoms with Crippen molar-refractivity contribution in [2.24, 2.45) is 5.73 Å². The number of benzene rings is 1. The number of rotatable bonds is 5. The summed E-state index contributed by atoms with van der Waals surface area (Å²) in [6.45, 7) is 8.06. The molecule has 1 aromatic rings. The number of thiocarbonyl (C=S) groups is 1. The summed E-state index contributed by atoms with van der Waals surface area (Å²) in [5, 5.41) is 0. The highest BCUT2D eigenvalue weighted by Gasteiger charge is 2.17. The Morgan fingerprint density at radius 3 is 2.50 bits per heavy atom. The van der Waals surface area contributed by atoms with Gasteiger partial charge in [-0.1, -0.05) is 19.1 Å². The average molecular weight is 295 g/mol. The van der Waals surface area contributed by atoms with Gasteiger partial charge in [0.05, 0.1) is 0 Å². The van der Waals surface area contributed by atoms with Gasteiger partial charge in [-0.05, 0) is 31.2 Å². The van der Waals surface area contributed by atoms with E-state index in [2.05, 4.69) is 16.7 Å². The molecule has 0 atom stereocenters. The highest BCUT2D eigenvalue weighted by Crippen LogP contribution is 2.15. The van der Waals surface area contributed by atoms with Gasteiger partial charge in [-0.15, -0.1) is 0 Å². The summed E-state index contributed by atoms with van der Waals surface area (Å²) in [6, 6.07) is 4.87. The molecule has 0 radical (unpaired) electrons. The van der Waals surface area contributed by atoms with Crippen molar-refractivity contribution >= 4 is 17.2 Å². The first kappa shape index (κ1) is 15.4. The fourth-order valence-electron chi connectivity index (χ4n) is 2.58. The summed E-state index contributed by atoms with van der Waals surface area (Å²) in [5.74, 6) is -0.180. The number of nitrogens with zero attached hydrogens (tertiary/aromatic N) is 2. The predicted octanol–water partition coefficient (Wildman–Crippen LogP) is 1.99. The lowest BCUT2D eigenvalue weighted by atomic mass is 10.1. The summed E-state index contributed by atoms with van der Waals surface area (Å²) >= 11 is 4.95. The molecule has 5 heteroatoms. The second-order valence-corrected chi connectivity index (χ2v) is 5.73. The number of hydrogen-bond donors (Lipinski definition) is 1. The zero-order valence-corrected chi connectivity index (χ0v) is 12.8. The van der Waals surface area contributed by atoms with Crippen LogP contribution in [0.3, 0.4) is 0 Å². The van der Waals surface area contributed by atoms with E-state index in [-0.39, 0.29) is 5.82 Å². The Balaban J connectivity index is 1.97. The lowest BCUT2D eigenvalue weighted by Crippen LogP contribution is -2.46. The van der Waals surface area contributed by atoms with Crippen molar-refractivity contribution in [3.8, 4) is 0 Å². The summed E-state index contributed by atoms with van der Waals surface area (Å²) < 4.78 is 13.9. The Morgan fingerprint density at radius 2 is 1.90 bits per heavy atom. The van der Waals surface area contributed by atoms with Crippen LogP contribution in [0.5, 0.6) is 0 Å². The predicted molar refractivity (Wildman–Crippen MR) is 84.3 cm³/mol. The quantitative estimate of drug-likeness (QED) is 0.842. The third-order valence-corrected chi connectivity index (χ3v) is 3.96. The van der Waals surface area contributed by atoms with Gasteiger partial charge in [-0.2, -0.15) is 0 Å². The van der Waals surface area contributed by atoms with E-state index in [9.17, 15) is 4.39 Å². The van der Waals surface area contributed by atoms with Crippen LogP contribution < -0.4 is 5.73 Å². The van der Waals surface area contributed by atoms with E-state index in [0.29, 0.717) is 17.1 Å². The van der Waals surface area contributed by atoms with Crippen molar-refractivity contribution in [1.29, 1.82) is 0 Å². The molecule has 2 N–H and O–H groups in total. The van der Waals surface area contributed by atoms with Crippen molar-refractivity contribution in [3.05, 3.63) is 35.1 Å². The van der Waals surface area contributed by atoms with Gasteiger partial charge in [0.1, 0.15) is 10.8 Å². The van der Waals surface area contributed by atoms with Gasteiger partial charge in [0.2, 0.25) is 0 Å². The Bertz CT molecular complexity index is 470. The van der Waals surface area contributed by atoms with Crippen molar-refractivity contribution in [2.45, 2.75) is 19.9 Å². The Kier molecular flexibility index (Phi) is 5.46. The maximum atomic E-state index is 13.9. The van der Waals surface area contributed by atoms with Crippen LogP contribution in [0.1, 0.15) is 24.5 Å².